The highest BCUT2D eigenvalue weighted by Crippen LogP contribution is 2.36. The van der Waals surface area contributed by atoms with Gasteiger partial charge in [-0.15, -0.1) is 0 Å². The number of benzene rings is 1. The SMILES string of the molecule is C.CN(C)CCCNC(=O)[C@H]1CCC[C@H]1Nc1nc(Nc2ccc(C(=O)N(C)C3CCN(C)CC3)cc2)ncc1C(F)(F)F. The average Bonchev–Trinajstić information content (AvgIpc) is 3.43. The molecule has 2 atom stereocenters. The number of likely N-dealkylation sites (tertiary alicyclic amines) is 1. The predicted molar refractivity (Wildman–Crippen MR) is 167 cm³/mol. The molecule has 0 bridgehead atoms. The van der Waals surface area contributed by atoms with Gasteiger partial charge in [-0.3, -0.25) is 9.59 Å². The van der Waals surface area contributed by atoms with E-state index in [1.165, 1.54) is 0 Å². The summed E-state index contributed by atoms with van der Waals surface area (Å²) in [6.45, 7) is 3.23. The molecule has 244 valence electrons. The van der Waals surface area contributed by atoms with E-state index in [1.54, 1.807) is 29.2 Å². The summed E-state index contributed by atoms with van der Waals surface area (Å²) in [6, 6.07) is 6.42. The number of carbonyl (C=O) groups is 2. The van der Waals surface area contributed by atoms with Crippen LogP contribution in [0.15, 0.2) is 30.5 Å². The summed E-state index contributed by atoms with van der Waals surface area (Å²) in [7, 11) is 7.80. The second-order valence-electron chi connectivity index (χ2n) is 11.8. The molecule has 2 aromatic rings. The van der Waals surface area contributed by atoms with E-state index in [1.807, 2.05) is 26.0 Å². The van der Waals surface area contributed by atoms with Gasteiger partial charge >= 0.3 is 6.18 Å². The van der Waals surface area contributed by atoms with Crippen LogP contribution >= 0.6 is 0 Å². The van der Waals surface area contributed by atoms with Crippen LogP contribution in [0.2, 0.25) is 0 Å². The molecular formula is C31H47F3N8O2. The number of alkyl halides is 3. The molecule has 1 aliphatic carbocycles. The molecule has 1 aliphatic heterocycles. The van der Waals surface area contributed by atoms with Crippen LogP contribution in [-0.2, 0) is 11.0 Å². The standard InChI is InChI=1S/C30H43F3N8O2.CH4/c1-39(2)16-6-15-34-27(42)23-7-5-8-25(23)37-26-24(30(31,32)33)19-35-29(38-26)36-21-11-9-20(10-12-21)28(43)41(4)22-13-17-40(3)18-14-22;/h9-12,19,22-23,25H,5-8,13-18H2,1-4H3,(H,34,42)(H2,35,36,37,38);1H4/t23-,25+;/m0./s1. The van der Waals surface area contributed by atoms with Crippen LogP contribution in [0, 0.1) is 5.92 Å². The highest BCUT2D eigenvalue weighted by Gasteiger charge is 2.39. The zero-order valence-electron chi connectivity index (χ0n) is 25.4. The van der Waals surface area contributed by atoms with Crippen molar-refractivity contribution in [1.29, 1.82) is 0 Å². The van der Waals surface area contributed by atoms with E-state index in [0.29, 0.717) is 30.6 Å². The quantitative estimate of drug-likeness (QED) is 0.311. The molecule has 10 nitrogen and oxygen atoms in total. The van der Waals surface area contributed by atoms with Crippen LogP contribution in [-0.4, -0.2) is 103 Å². The van der Waals surface area contributed by atoms with Gasteiger partial charge < -0.3 is 30.7 Å². The Bertz CT molecular complexity index is 1230. The van der Waals surface area contributed by atoms with Gasteiger partial charge in [0.1, 0.15) is 11.4 Å². The highest BCUT2D eigenvalue weighted by molar-refractivity contribution is 5.94. The topological polar surface area (TPSA) is 106 Å². The first-order valence-electron chi connectivity index (χ1n) is 14.9. The van der Waals surface area contributed by atoms with Gasteiger partial charge in [-0.25, -0.2) is 4.98 Å². The minimum Gasteiger partial charge on any atom is -0.366 e. The molecule has 13 heteroatoms. The molecule has 0 radical (unpaired) electrons. The Hall–Kier alpha value is -3.45. The number of halogens is 3. The fraction of sp³-hybridized carbons (Fsp3) is 0.613. The second kappa shape index (κ2) is 15.5. The molecule has 1 saturated carbocycles. The first kappa shape index (κ1) is 35.0. The van der Waals surface area contributed by atoms with E-state index >= 15 is 0 Å². The van der Waals surface area contributed by atoms with Gasteiger partial charge in [-0.05, 0) is 97.1 Å². The van der Waals surface area contributed by atoms with E-state index < -0.39 is 23.7 Å². The van der Waals surface area contributed by atoms with E-state index in [0.717, 1.165) is 51.5 Å². The molecule has 1 saturated heterocycles. The van der Waals surface area contributed by atoms with Gasteiger partial charge in [0.25, 0.3) is 5.91 Å². The molecule has 0 unspecified atom stereocenters. The highest BCUT2D eigenvalue weighted by atomic mass is 19.4. The first-order chi connectivity index (χ1) is 20.4. The van der Waals surface area contributed by atoms with Crippen molar-refractivity contribution in [3.63, 3.8) is 0 Å². The second-order valence-corrected chi connectivity index (χ2v) is 11.8. The number of carbonyl (C=O) groups excluding carboxylic acids is 2. The zero-order chi connectivity index (χ0) is 31.1. The lowest BCUT2D eigenvalue weighted by molar-refractivity contribution is -0.137. The van der Waals surface area contributed by atoms with Crippen molar-refractivity contribution in [1.82, 2.24) is 30.0 Å². The van der Waals surface area contributed by atoms with Gasteiger partial charge in [0.05, 0.1) is 5.92 Å². The van der Waals surface area contributed by atoms with Crippen LogP contribution in [0.4, 0.5) is 30.6 Å². The van der Waals surface area contributed by atoms with Crippen LogP contribution in [0.3, 0.4) is 0 Å². The van der Waals surface area contributed by atoms with Crippen LogP contribution in [0.1, 0.15) is 61.9 Å². The van der Waals surface area contributed by atoms with Gasteiger partial charge in [-0.2, -0.15) is 18.2 Å². The number of rotatable bonds is 11. The van der Waals surface area contributed by atoms with Gasteiger partial charge in [0.15, 0.2) is 0 Å². The van der Waals surface area contributed by atoms with Crippen molar-refractivity contribution in [2.24, 2.45) is 5.92 Å². The Labute approximate surface area is 258 Å². The molecule has 44 heavy (non-hydrogen) atoms. The Morgan fingerprint density at radius 1 is 1.05 bits per heavy atom. The molecule has 2 fully saturated rings. The number of piperidine rings is 1. The maximum Gasteiger partial charge on any atom is 0.421 e. The maximum absolute atomic E-state index is 13.9. The molecule has 4 rings (SSSR count). The fourth-order valence-corrected chi connectivity index (χ4v) is 5.70. The van der Waals surface area contributed by atoms with Crippen molar-refractivity contribution >= 4 is 29.3 Å². The van der Waals surface area contributed by atoms with Crippen molar-refractivity contribution in [2.45, 2.75) is 64.2 Å². The van der Waals surface area contributed by atoms with Crippen molar-refractivity contribution in [3.05, 3.63) is 41.6 Å². The van der Waals surface area contributed by atoms with Crippen molar-refractivity contribution in [3.8, 4) is 0 Å². The number of nitrogens with zero attached hydrogens (tertiary/aromatic N) is 5. The number of aromatic nitrogens is 2. The van der Waals surface area contributed by atoms with Gasteiger partial charge in [-0.1, -0.05) is 13.8 Å². The summed E-state index contributed by atoms with van der Waals surface area (Å²) in [4.78, 5) is 40.0. The molecule has 2 aliphatic rings. The average molecular weight is 621 g/mol. The number of nitrogens with one attached hydrogen (secondary N) is 3. The lowest BCUT2D eigenvalue weighted by Crippen LogP contribution is -2.44. The summed E-state index contributed by atoms with van der Waals surface area (Å²) in [6.07, 6.45) is 0.568. The Morgan fingerprint density at radius 2 is 1.73 bits per heavy atom. The fourth-order valence-electron chi connectivity index (χ4n) is 5.70. The molecule has 1 aromatic carbocycles. The molecule has 2 amide bonds. The Balaban J connectivity index is 0.00000529. The van der Waals surface area contributed by atoms with Gasteiger partial charge in [0.2, 0.25) is 11.9 Å². The largest absolute Gasteiger partial charge is 0.421 e. The Morgan fingerprint density at radius 3 is 2.36 bits per heavy atom. The van der Waals surface area contributed by atoms with Gasteiger partial charge in [0, 0.05) is 43.1 Å². The molecule has 1 aromatic heterocycles. The summed E-state index contributed by atoms with van der Waals surface area (Å²) in [5, 5.41) is 8.79. The molecule has 2 heterocycles. The van der Waals surface area contributed by atoms with Crippen LogP contribution in [0.5, 0.6) is 0 Å². The predicted octanol–water partition coefficient (Wildman–Crippen LogP) is 4.69. The number of hydrogen-bond acceptors (Lipinski definition) is 8. The summed E-state index contributed by atoms with van der Waals surface area (Å²) < 4.78 is 41.7. The molecule has 3 N–H and O–H groups in total. The lowest BCUT2D eigenvalue weighted by atomic mass is 10.0. The van der Waals surface area contributed by atoms with E-state index in [2.05, 4.69) is 37.9 Å². The first-order valence-corrected chi connectivity index (χ1v) is 14.9. The van der Waals surface area contributed by atoms with E-state index in [-0.39, 0.29) is 37.0 Å². The van der Waals surface area contributed by atoms with Crippen molar-refractivity contribution < 1.29 is 22.8 Å². The maximum atomic E-state index is 13.9. The number of anilines is 3. The third kappa shape index (κ3) is 9.28. The normalized spacial score (nSPS) is 19.4. The summed E-state index contributed by atoms with van der Waals surface area (Å²) in [5.41, 5.74) is 0.0583. The molecular weight excluding hydrogens is 573 g/mol. The third-order valence-electron chi connectivity index (χ3n) is 8.29. The van der Waals surface area contributed by atoms with E-state index in [9.17, 15) is 22.8 Å². The Kier molecular flexibility index (Phi) is 12.4. The summed E-state index contributed by atoms with van der Waals surface area (Å²) in [5.74, 6) is -1.09. The van der Waals surface area contributed by atoms with E-state index in [4.69, 9.17) is 0 Å². The third-order valence-corrected chi connectivity index (χ3v) is 8.29. The van der Waals surface area contributed by atoms with Crippen LogP contribution in [0.25, 0.3) is 0 Å². The summed E-state index contributed by atoms with van der Waals surface area (Å²) >= 11 is 0. The lowest BCUT2D eigenvalue weighted by Gasteiger charge is -2.35. The molecule has 0 spiro atoms. The van der Waals surface area contributed by atoms with Crippen molar-refractivity contribution in [2.75, 3.05) is 65.0 Å². The number of hydrogen-bond donors (Lipinski definition) is 3. The smallest absolute Gasteiger partial charge is 0.366 e. The minimum absolute atomic E-state index is 0. The minimum atomic E-state index is -4.68. The zero-order valence-corrected chi connectivity index (χ0v) is 25.4. The number of amides is 2. The monoisotopic (exact) mass is 620 g/mol. The van der Waals surface area contributed by atoms with Crippen LogP contribution < -0.4 is 16.0 Å².